The Bertz CT molecular complexity index is 187. The molecule has 0 amide bonds. The van der Waals surface area contributed by atoms with E-state index in [4.69, 9.17) is 4.74 Å². The van der Waals surface area contributed by atoms with Crippen LogP contribution in [0.5, 0.6) is 0 Å². The maximum Gasteiger partial charge on any atom is 0.0856 e. The van der Waals surface area contributed by atoms with Crippen LogP contribution >= 0.6 is 0 Å². The van der Waals surface area contributed by atoms with E-state index >= 15 is 0 Å². The van der Waals surface area contributed by atoms with Gasteiger partial charge in [-0.25, -0.2) is 0 Å². The summed E-state index contributed by atoms with van der Waals surface area (Å²) in [5.74, 6) is 0. The molecule has 1 heteroatoms. The summed E-state index contributed by atoms with van der Waals surface area (Å²) in [6.45, 7) is 4.51. The lowest BCUT2D eigenvalue weighted by Gasteiger charge is -2.24. The molecule has 1 nitrogen and oxygen atoms in total. The number of methoxy groups -OCH3 is 1. The summed E-state index contributed by atoms with van der Waals surface area (Å²) in [7, 11) is 1.70. The molecular formula is C10H16O. The zero-order valence-corrected chi connectivity index (χ0v) is 7.55. The van der Waals surface area contributed by atoms with Gasteiger partial charge in [-0.05, 0) is 23.8 Å². The van der Waals surface area contributed by atoms with Crippen LogP contribution in [0, 0.1) is 5.41 Å². The molecule has 0 aliphatic heterocycles. The lowest BCUT2D eigenvalue weighted by atomic mass is 9.81. The smallest absolute Gasteiger partial charge is 0.0856 e. The first kappa shape index (κ1) is 8.38. The highest BCUT2D eigenvalue weighted by atomic mass is 16.5. The van der Waals surface area contributed by atoms with Crippen LogP contribution in [-0.2, 0) is 4.74 Å². The Balaban J connectivity index is 2.63. The molecule has 0 bridgehead atoms. The SMILES string of the molecule is CO/C=C1/C=CC(C)(C)CC1. The molecular weight excluding hydrogens is 136 g/mol. The third-order valence-electron chi connectivity index (χ3n) is 2.08. The van der Waals surface area contributed by atoms with Crippen molar-refractivity contribution in [3.63, 3.8) is 0 Å². The van der Waals surface area contributed by atoms with Gasteiger partial charge in [0, 0.05) is 0 Å². The molecule has 0 aromatic carbocycles. The van der Waals surface area contributed by atoms with E-state index in [0.29, 0.717) is 5.41 Å². The molecule has 0 atom stereocenters. The molecule has 0 heterocycles. The molecule has 0 unspecified atom stereocenters. The van der Waals surface area contributed by atoms with Gasteiger partial charge in [0.15, 0.2) is 0 Å². The third-order valence-corrected chi connectivity index (χ3v) is 2.08. The van der Waals surface area contributed by atoms with Crippen LogP contribution in [0.4, 0.5) is 0 Å². The summed E-state index contributed by atoms with van der Waals surface area (Å²) in [6, 6.07) is 0. The van der Waals surface area contributed by atoms with Crippen molar-refractivity contribution in [3.05, 3.63) is 24.0 Å². The molecule has 0 N–H and O–H groups in total. The molecule has 0 aromatic heterocycles. The van der Waals surface area contributed by atoms with Gasteiger partial charge in [0.25, 0.3) is 0 Å². The van der Waals surface area contributed by atoms with Crippen molar-refractivity contribution in [1.82, 2.24) is 0 Å². The second kappa shape index (κ2) is 3.12. The van der Waals surface area contributed by atoms with Gasteiger partial charge in [0.1, 0.15) is 0 Å². The lowest BCUT2D eigenvalue weighted by molar-refractivity contribution is 0.329. The normalized spacial score (nSPS) is 25.5. The topological polar surface area (TPSA) is 9.23 Å². The molecule has 0 saturated carbocycles. The average molecular weight is 152 g/mol. The molecule has 62 valence electrons. The summed E-state index contributed by atoms with van der Waals surface area (Å²) in [5.41, 5.74) is 1.68. The van der Waals surface area contributed by atoms with Gasteiger partial charge in [-0.15, -0.1) is 0 Å². The minimum absolute atomic E-state index is 0.380. The quantitative estimate of drug-likeness (QED) is 0.525. The van der Waals surface area contributed by atoms with Gasteiger partial charge in [-0.2, -0.15) is 0 Å². The monoisotopic (exact) mass is 152 g/mol. The molecule has 0 aromatic rings. The fourth-order valence-electron chi connectivity index (χ4n) is 1.22. The summed E-state index contributed by atoms with van der Waals surface area (Å²) in [4.78, 5) is 0. The Morgan fingerprint density at radius 1 is 1.55 bits per heavy atom. The molecule has 1 aliphatic rings. The van der Waals surface area contributed by atoms with Gasteiger partial charge >= 0.3 is 0 Å². The Morgan fingerprint density at radius 3 is 2.73 bits per heavy atom. The standard InChI is InChI=1S/C10H16O/c1-10(2)6-4-9(5-7-10)8-11-3/h4,6,8H,5,7H2,1-3H3/b9-8-. The summed E-state index contributed by atoms with van der Waals surface area (Å²) in [5, 5.41) is 0. The number of allylic oxidation sites excluding steroid dienone is 3. The van der Waals surface area contributed by atoms with Crippen molar-refractivity contribution in [2.45, 2.75) is 26.7 Å². The molecule has 0 saturated heterocycles. The molecule has 11 heavy (non-hydrogen) atoms. The Kier molecular flexibility index (Phi) is 2.38. The minimum Gasteiger partial charge on any atom is -0.504 e. The highest BCUT2D eigenvalue weighted by molar-refractivity contribution is 5.22. The van der Waals surface area contributed by atoms with Crippen LogP contribution in [0.15, 0.2) is 24.0 Å². The van der Waals surface area contributed by atoms with E-state index in [1.165, 1.54) is 12.0 Å². The van der Waals surface area contributed by atoms with Crippen LogP contribution in [-0.4, -0.2) is 7.11 Å². The van der Waals surface area contributed by atoms with Gasteiger partial charge in [0.2, 0.25) is 0 Å². The number of ether oxygens (including phenoxy) is 1. The first-order valence-corrected chi connectivity index (χ1v) is 4.05. The maximum atomic E-state index is 4.94. The maximum absolute atomic E-state index is 4.94. The van der Waals surface area contributed by atoms with Gasteiger partial charge in [0.05, 0.1) is 13.4 Å². The zero-order chi connectivity index (χ0) is 8.32. The summed E-state index contributed by atoms with van der Waals surface area (Å²) in [6.07, 6.45) is 8.59. The Hall–Kier alpha value is -0.720. The van der Waals surface area contributed by atoms with E-state index in [2.05, 4.69) is 26.0 Å². The second-order valence-electron chi connectivity index (χ2n) is 3.75. The minimum atomic E-state index is 0.380. The highest BCUT2D eigenvalue weighted by Crippen LogP contribution is 2.31. The van der Waals surface area contributed by atoms with Crippen molar-refractivity contribution in [3.8, 4) is 0 Å². The predicted molar refractivity (Wildman–Crippen MR) is 47.2 cm³/mol. The first-order valence-electron chi connectivity index (χ1n) is 4.05. The second-order valence-corrected chi connectivity index (χ2v) is 3.75. The van der Waals surface area contributed by atoms with Crippen LogP contribution in [0.1, 0.15) is 26.7 Å². The summed E-state index contributed by atoms with van der Waals surface area (Å²) >= 11 is 0. The zero-order valence-electron chi connectivity index (χ0n) is 7.55. The predicted octanol–water partition coefficient (Wildman–Crippen LogP) is 2.89. The van der Waals surface area contributed by atoms with E-state index in [0.717, 1.165) is 6.42 Å². The van der Waals surface area contributed by atoms with Crippen LogP contribution in [0.3, 0.4) is 0 Å². The van der Waals surface area contributed by atoms with E-state index in [1.54, 1.807) is 7.11 Å². The van der Waals surface area contributed by atoms with E-state index in [-0.39, 0.29) is 0 Å². The molecule has 0 spiro atoms. The average Bonchev–Trinajstić information content (AvgIpc) is 1.94. The Labute approximate surface area is 68.8 Å². The largest absolute Gasteiger partial charge is 0.504 e. The summed E-state index contributed by atoms with van der Waals surface area (Å²) < 4.78 is 4.94. The van der Waals surface area contributed by atoms with Crippen molar-refractivity contribution in [2.75, 3.05) is 7.11 Å². The number of hydrogen-bond donors (Lipinski definition) is 0. The van der Waals surface area contributed by atoms with Gasteiger partial charge < -0.3 is 4.74 Å². The molecule has 0 fully saturated rings. The third kappa shape index (κ3) is 2.41. The van der Waals surface area contributed by atoms with Crippen molar-refractivity contribution in [1.29, 1.82) is 0 Å². The number of rotatable bonds is 1. The van der Waals surface area contributed by atoms with E-state index in [1.807, 2.05) is 6.26 Å². The van der Waals surface area contributed by atoms with Crippen molar-refractivity contribution in [2.24, 2.45) is 5.41 Å². The van der Waals surface area contributed by atoms with Crippen molar-refractivity contribution < 1.29 is 4.74 Å². The highest BCUT2D eigenvalue weighted by Gasteiger charge is 2.17. The first-order chi connectivity index (χ1) is 5.14. The van der Waals surface area contributed by atoms with Crippen LogP contribution in [0.25, 0.3) is 0 Å². The van der Waals surface area contributed by atoms with Gasteiger partial charge in [-0.3, -0.25) is 0 Å². The molecule has 0 radical (unpaired) electrons. The van der Waals surface area contributed by atoms with E-state index in [9.17, 15) is 0 Å². The van der Waals surface area contributed by atoms with Crippen LogP contribution in [0.2, 0.25) is 0 Å². The molecule has 1 rings (SSSR count). The van der Waals surface area contributed by atoms with Gasteiger partial charge in [-0.1, -0.05) is 26.0 Å². The fourth-order valence-corrected chi connectivity index (χ4v) is 1.22. The van der Waals surface area contributed by atoms with E-state index < -0.39 is 0 Å². The Morgan fingerprint density at radius 2 is 2.27 bits per heavy atom. The number of hydrogen-bond acceptors (Lipinski definition) is 1. The lowest BCUT2D eigenvalue weighted by Crippen LogP contribution is -2.11. The molecule has 1 aliphatic carbocycles. The van der Waals surface area contributed by atoms with Crippen molar-refractivity contribution >= 4 is 0 Å². The fraction of sp³-hybridized carbons (Fsp3) is 0.600. The van der Waals surface area contributed by atoms with Crippen LogP contribution < -0.4 is 0 Å².